The fraction of sp³-hybridized carbons (Fsp3) is 0.154. The van der Waals surface area contributed by atoms with Crippen LogP contribution in [0.5, 0.6) is 0 Å². The van der Waals surface area contributed by atoms with Gasteiger partial charge in [0.25, 0.3) is 0 Å². The minimum atomic E-state index is 0.648. The lowest BCUT2D eigenvalue weighted by molar-refractivity contribution is 0.806. The third-order valence-electron chi connectivity index (χ3n) is 2.88. The topological polar surface area (TPSA) is 0 Å². The predicted octanol–water partition coefficient (Wildman–Crippen LogP) is 3.21. The van der Waals surface area contributed by atoms with Crippen LogP contribution in [0.2, 0.25) is 0 Å². The Hall–Kier alpha value is -1.43. The second-order valence-corrected chi connectivity index (χ2v) is 3.64. The molecule has 0 spiro atoms. The number of hydrogen-bond donors (Lipinski definition) is 0. The van der Waals surface area contributed by atoms with E-state index in [0.717, 1.165) is 0 Å². The molecule has 0 heteroatoms. The first kappa shape index (κ1) is 7.02. The summed E-state index contributed by atoms with van der Waals surface area (Å²) in [5.74, 6) is 0.648. The van der Waals surface area contributed by atoms with Crippen molar-refractivity contribution in [2.24, 2.45) is 5.92 Å². The summed E-state index contributed by atoms with van der Waals surface area (Å²) >= 11 is 0. The monoisotopic (exact) mass is 167 g/mol. The van der Waals surface area contributed by atoms with Crippen LogP contribution in [0.1, 0.15) is 17.5 Å². The molecule has 1 aromatic carbocycles. The maximum Gasteiger partial charge on any atom is -0.0157 e. The molecular weight excluding hydrogens is 156 g/mol. The van der Waals surface area contributed by atoms with Gasteiger partial charge in [-0.2, -0.15) is 18.1 Å². The maximum absolute atomic E-state index is 2.34. The van der Waals surface area contributed by atoms with Crippen LogP contribution in [0, 0.1) is 12.3 Å². The third-order valence-corrected chi connectivity index (χ3v) is 2.88. The molecule has 0 saturated heterocycles. The molecule has 64 valence electrons. The third kappa shape index (κ3) is 0.951. The van der Waals surface area contributed by atoms with E-state index in [1.807, 2.05) is 0 Å². The van der Waals surface area contributed by atoms with Crippen molar-refractivity contribution in [3.8, 4) is 0 Å². The zero-order valence-corrected chi connectivity index (χ0v) is 7.40. The first-order valence-corrected chi connectivity index (χ1v) is 4.76. The first-order valence-electron chi connectivity index (χ1n) is 4.76. The Balaban J connectivity index is 2.18. The lowest BCUT2D eigenvalue weighted by Gasteiger charge is -2.30. The van der Waals surface area contributed by atoms with Gasteiger partial charge in [-0.05, 0) is 5.92 Å². The summed E-state index contributed by atoms with van der Waals surface area (Å²) in [5, 5.41) is 0. The van der Waals surface area contributed by atoms with Gasteiger partial charge in [0.1, 0.15) is 0 Å². The summed E-state index contributed by atoms with van der Waals surface area (Å²) < 4.78 is 0. The molecule has 2 aliphatic carbocycles. The van der Waals surface area contributed by atoms with Crippen LogP contribution in [0.4, 0.5) is 0 Å². The molecule has 3 rings (SSSR count). The summed E-state index contributed by atoms with van der Waals surface area (Å²) in [7, 11) is 0. The molecule has 0 amide bonds. The van der Waals surface area contributed by atoms with E-state index in [4.69, 9.17) is 0 Å². The van der Waals surface area contributed by atoms with Crippen molar-refractivity contribution in [1.29, 1.82) is 0 Å². The van der Waals surface area contributed by atoms with Crippen molar-refractivity contribution >= 4 is 5.57 Å². The van der Waals surface area contributed by atoms with Gasteiger partial charge in [0.05, 0.1) is 0 Å². The molecule has 0 bridgehead atoms. The molecular formula is C13H11-. The second kappa shape index (κ2) is 2.53. The molecule has 0 heterocycles. The molecule has 0 saturated carbocycles. The lowest BCUT2D eigenvalue weighted by Crippen LogP contribution is -2.07. The number of allylic oxidation sites excluding steroid dienone is 4. The van der Waals surface area contributed by atoms with E-state index in [1.165, 1.54) is 23.1 Å². The normalized spacial score (nSPS) is 23.1. The Morgan fingerprint density at radius 3 is 3.15 bits per heavy atom. The SMILES string of the molecule is C1=CC2C[CH-]c3ccccc3C2=C1. The predicted molar refractivity (Wildman–Crippen MR) is 55.1 cm³/mol. The fourth-order valence-electron chi connectivity index (χ4n) is 2.21. The van der Waals surface area contributed by atoms with Crippen molar-refractivity contribution in [1.82, 2.24) is 0 Å². The number of hydrogen-bond acceptors (Lipinski definition) is 0. The van der Waals surface area contributed by atoms with Crippen molar-refractivity contribution in [3.63, 3.8) is 0 Å². The van der Waals surface area contributed by atoms with Gasteiger partial charge >= 0.3 is 0 Å². The molecule has 1 atom stereocenters. The lowest BCUT2D eigenvalue weighted by atomic mass is 9.81. The molecule has 0 nitrogen and oxygen atoms in total. The van der Waals surface area contributed by atoms with Gasteiger partial charge in [0, 0.05) is 0 Å². The van der Waals surface area contributed by atoms with E-state index in [2.05, 4.69) is 48.9 Å². The van der Waals surface area contributed by atoms with Crippen LogP contribution in [0.15, 0.2) is 42.5 Å². The highest BCUT2D eigenvalue weighted by molar-refractivity contribution is 5.77. The van der Waals surface area contributed by atoms with Crippen LogP contribution < -0.4 is 0 Å². The summed E-state index contributed by atoms with van der Waals surface area (Å²) in [4.78, 5) is 0. The van der Waals surface area contributed by atoms with Crippen LogP contribution in [0.25, 0.3) is 5.57 Å². The van der Waals surface area contributed by atoms with Crippen molar-refractivity contribution < 1.29 is 0 Å². The highest BCUT2D eigenvalue weighted by Crippen LogP contribution is 2.39. The molecule has 0 radical (unpaired) electrons. The molecule has 0 fully saturated rings. The van der Waals surface area contributed by atoms with Gasteiger partial charge in [-0.1, -0.05) is 36.3 Å². The summed E-state index contributed by atoms with van der Waals surface area (Å²) in [6.45, 7) is 0. The largest absolute Gasteiger partial charge is 0.185 e. The van der Waals surface area contributed by atoms with Gasteiger partial charge in [0.2, 0.25) is 0 Å². The fourth-order valence-corrected chi connectivity index (χ4v) is 2.21. The zero-order chi connectivity index (χ0) is 8.67. The van der Waals surface area contributed by atoms with Gasteiger partial charge in [-0.3, -0.25) is 0 Å². The van der Waals surface area contributed by atoms with E-state index in [9.17, 15) is 0 Å². The Morgan fingerprint density at radius 1 is 1.23 bits per heavy atom. The van der Waals surface area contributed by atoms with Crippen molar-refractivity contribution in [3.05, 3.63) is 60.0 Å². The molecule has 1 unspecified atom stereocenters. The number of benzene rings is 1. The highest BCUT2D eigenvalue weighted by Gasteiger charge is 2.16. The van der Waals surface area contributed by atoms with Crippen LogP contribution in [-0.4, -0.2) is 0 Å². The van der Waals surface area contributed by atoms with E-state index in [1.54, 1.807) is 0 Å². The molecule has 2 aliphatic rings. The maximum atomic E-state index is 2.34. The van der Waals surface area contributed by atoms with Crippen LogP contribution in [-0.2, 0) is 0 Å². The highest BCUT2D eigenvalue weighted by atomic mass is 14.3. The standard InChI is InChI=1S/C13H11/c1-2-6-12-10(4-1)8-9-11-5-3-7-13(11)12/h1-8,11H,9H2/q-1. The van der Waals surface area contributed by atoms with Gasteiger partial charge < -0.3 is 0 Å². The Bertz CT molecular complexity index is 396. The molecule has 13 heavy (non-hydrogen) atoms. The van der Waals surface area contributed by atoms with Crippen molar-refractivity contribution in [2.45, 2.75) is 6.42 Å². The summed E-state index contributed by atoms with van der Waals surface area (Å²) in [5.41, 5.74) is 4.32. The van der Waals surface area contributed by atoms with Crippen LogP contribution >= 0.6 is 0 Å². The molecule has 0 aromatic heterocycles. The average molecular weight is 167 g/mol. The Labute approximate surface area is 78.6 Å². The van der Waals surface area contributed by atoms with E-state index in [-0.39, 0.29) is 0 Å². The Kier molecular flexibility index (Phi) is 1.36. The van der Waals surface area contributed by atoms with Gasteiger partial charge in [0.15, 0.2) is 0 Å². The van der Waals surface area contributed by atoms with E-state index >= 15 is 0 Å². The first-order chi connectivity index (χ1) is 6.45. The number of fused-ring (bicyclic) bond motifs is 3. The smallest absolute Gasteiger partial charge is 0.0157 e. The van der Waals surface area contributed by atoms with Crippen molar-refractivity contribution in [2.75, 3.05) is 0 Å². The van der Waals surface area contributed by atoms with E-state index in [0.29, 0.717) is 5.92 Å². The van der Waals surface area contributed by atoms with E-state index < -0.39 is 0 Å². The molecule has 0 N–H and O–H groups in total. The summed E-state index contributed by atoms with van der Waals surface area (Å²) in [6.07, 6.45) is 10.2. The molecule has 0 aliphatic heterocycles. The molecule has 1 aromatic rings. The zero-order valence-electron chi connectivity index (χ0n) is 7.40. The van der Waals surface area contributed by atoms with Crippen LogP contribution in [0.3, 0.4) is 0 Å². The second-order valence-electron chi connectivity index (χ2n) is 3.64. The minimum absolute atomic E-state index is 0.648. The number of rotatable bonds is 0. The quantitative estimate of drug-likeness (QED) is 0.520. The summed E-state index contributed by atoms with van der Waals surface area (Å²) in [6, 6.07) is 8.65. The minimum Gasteiger partial charge on any atom is -0.185 e. The van der Waals surface area contributed by atoms with Gasteiger partial charge in [-0.15, -0.1) is 17.7 Å². The van der Waals surface area contributed by atoms with Gasteiger partial charge in [-0.25, -0.2) is 0 Å². The Morgan fingerprint density at radius 2 is 2.15 bits per heavy atom. The average Bonchev–Trinajstić information content (AvgIpc) is 2.65.